The molecule has 0 heterocycles. The molecule has 0 saturated carbocycles. The van der Waals surface area contributed by atoms with Gasteiger partial charge in [-0.1, -0.05) is 116 Å². The largest absolute Gasteiger partial charge is 0.481 e. The highest BCUT2D eigenvalue weighted by molar-refractivity contribution is 5.88. The van der Waals surface area contributed by atoms with Crippen molar-refractivity contribution in [2.45, 2.75) is 263 Å². The maximum atomic E-state index is 13.2. The molecule has 0 aromatic rings. The molecule has 34 nitrogen and oxygen atoms in total. The van der Waals surface area contributed by atoms with E-state index in [0.717, 1.165) is 128 Å². The molecule has 114 heavy (non-hydrogen) atoms. The number of ether oxygens (including phenoxy) is 8. The second kappa shape index (κ2) is 77.2. The Morgan fingerprint density at radius 1 is 0.289 bits per heavy atom. The summed E-state index contributed by atoms with van der Waals surface area (Å²) in [6, 6.07) is -2.17. The van der Waals surface area contributed by atoms with Crippen LogP contribution in [0.4, 0.5) is 0 Å². The number of rotatable bonds is 87. The number of amides is 6. The van der Waals surface area contributed by atoms with Gasteiger partial charge in [0.05, 0.1) is 91.2 Å². The molecule has 0 rings (SSSR count). The molecule has 0 unspecified atom stereocenters. The van der Waals surface area contributed by atoms with Crippen LogP contribution in [0.3, 0.4) is 0 Å². The molecule has 0 bridgehead atoms. The van der Waals surface area contributed by atoms with Gasteiger partial charge in [-0.05, 0) is 83.5 Å². The maximum absolute atomic E-state index is 13.2. The number of aliphatic hydroxyl groups is 1. The van der Waals surface area contributed by atoms with E-state index in [2.05, 4.69) is 37.2 Å². The molecular weight excluding hydrogens is 1490 g/mol. The highest BCUT2D eigenvalue weighted by Crippen LogP contribution is 2.18. The summed E-state index contributed by atoms with van der Waals surface area (Å²) in [6.07, 6.45) is 25.0. The Bertz CT molecular complexity index is 2620. The van der Waals surface area contributed by atoms with Gasteiger partial charge >= 0.3 is 23.9 Å². The topological polar surface area (TPSA) is 498 Å². The Morgan fingerprint density at radius 2 is 0.667 bits per heavy atom. The van der Waals surface area contributed by atoms with E-state index in [1.807, 2.05) is 6.92 Å². The van der Waals surface area contributed by atoms with Gasteiger partial charge in [-0.2, -0.15) is 0 Å². The number of carboxylic acids is 4. The number of ketones is 4. The van der Waals surface area contributed by atoms with E-state index < -0.39 is 84.4 Å². The summed E-state index contributed by atoms with van der Waals surface area (Å²) >= 11 is 0. The van der Waals surface area contributed by atoms with Gasteiger partial charge < -0.3 is 101 Å². The molecule has 0 fully saturated rings. The molecule has 0 aliphatic heterocycles. The number of aliphatic hydroxyl groups excluding tert-OH is 1. The first-order valence-corrected chi connectivity index (χ1v) is 41.6. The minimum atomic E-state index is -1.34. The first-order chi connectivity index (χ1) is 55.1. The van der Waals surface area contributed by atoms with Crippen LogP contribution in [0.25, 0.3) is 0 Å². The number of hydrogen-bond acceptors (Lipinski definition) is 24. The van der Waals surface area contributed by atoms with Gasteiger partial charge in [0.2, 0.25) is 35.4 Å². The van der Waals surface area contributed by atoms with Crippen LogP contribution in [0.15, 0.2) is 0 Å². The predicted molar refractivity (Wildman–Crippen MR) is 421 cm³/mol. The number of carbonyl (C=O) groups excluding carboxylic acids is 10. The number of aliphatic carboxylic acids is 4. The van der Waals surface area contributed by atoms with E-state index in [1.54, 1.807) is 0 Å². The first-order valence-electron chi connectivity index (χ1n) is 41.6. The van der Waals surface area contributed by atoms with Gasteiger partial charge in [0.15, 0.2) is 17.3 Å². The lowest BCUT2D eigenvalue weighted by molar-refractivity contribution is -0.145. The van der Waals surface area contributed by atoms with Gasteiger partial charge in [0.25, 0.3) is 0 Å². The zero-order chi connectivity index (χ0) is 84.1. The summed E-state index contributed by atoms with van der Waals surface area (Å²) in [5.41, 5.74) is 0. The Morgan fingerprint density at radius 3 is 1.11 bits per heavy atom. The highest BCUT2D eigenvalue weighted by atomic mass is 16.5. The van der Waals surface area contributed by atoms with E-state index >= 15 is 0 Å². The Labute approximate surface area is 674 Å². The normalized spacial score (nSPS) is 12.3. The third-order valence-electron chi connectivity index (χ3n) is 18.4. The molecule has 0 aromatic carbocycles. The van der Waals surface area contributed by atoms with Crippen LogP contribution >= 0.6 is 0 Å². The highest BCUT2D eigenvalue weighted by Gasteiger charge is 2.25. The average molecular weight is 1630 g/mol. The van der Waals surface area contributed by atoms with Crippen molar-refractivity contribution in [2.24, 2.45) is 11.8 Å². The molecule has 658 valence electrons. The van der Waals surface area contributed by atoms with Crippen LogP contribution in [-0.4, -0.2) is 272 Å². The molecule has 12 N–H and O–H groups in total. The van der Waals surface area contributed by atoms with Gasteiger partial charge in [-0.3, -0.25) is 62.3 Å². The second-order valence-corrected chi connectivity index (χ2v) is 28.3. The van der Waals surface area contributed by atoms with Crippen LogP contribution in [-0.2, 0) is 105 Å². The summed E-state index contributed by atoms with van der Waals surface area (Å²) in [5.74, 6) is -8.65. The summed E-state index contributed by atoms with van der Waals surface area (Å²) in [4.78, 5) is 169. The number of Topliss-reactive ketones (excluding diaryl/α,β-unsaturated/α-hetero) is 4. The minimum Gasteiger partial charge on any atom is -0.481 e. The molecule has 34 heteroatoms. The number of nitrogens with one attached hydrogen (secondary N) is 7. The van der Waals surface area contributed by atoms with E-state index in [1.165, 1.54) is 0 Å². The molecule has 0 spiro atoms. The Balaban J connectivity index is 4.09. The van der Waals surface area contributed by atoms with Crippen LogP contribution in [0.1, 0.15) is 251 Å². The van der Waals surface area contributed by atoms with Crippen LogP contribution in [0.5, 0.6) is 0 Å². The number of unbranched alkanes of at least 4 members (excludes halogenated alkanes) is 20. The van der Waals surface area contributed by atoms with Crippen LogP contribution in [0, 0.1) is 11.8 Å². The van der Waals surface area contributed by atoms with Gasteiger partial charge in [0.1, 0.15) is 44.9 Å². The van der Waals surface area contributed by atoms with Crippen molar-refractivity contribution in [2.75, 3.05) is 152 Å². The van der Waals surface area contributed by atoms with Crippen molar-refractivity contribution < 1.29 is 131 Å². The molecule has 0 radical (unpaired) electrons. The molecule has 0 aromatic heterocycles. The van der Waals surface area contributed by atoms with Crippen LogP contribution in [0.2, 0.25) is 0 Å². The summed E-state index contributed by atoms with van der Waals surface area (Å²) in [5, 5.41) is 65.5. The molecule has 0 saturated heterocycles. The summed E-state index contributed by atoms with van der Waals surface area (Å²) in [6.45, 7) is 3.68. The summed E-state index contributed by atoms with van der Waals surface area (Å²) in [7, 11) is 0. The van der Waals surface area contributed by atoms with Crippen LogP contribution < -0.4 is 37.2 Å². The van der Waals surface area contributed by atoms with E-state index in [4.69, 9.17) is 48.1 Å². The number of carboxylic acid groups (broad SMARTS) is 4. The van der Waals surface area contributed by atoms with Crippen molar-refractivity contribution in [3.8, 4) is 0 Å². The van der Waals surface area contributed by atoms with Crippen molar-refractivity contribution in [1.82, 2.24) is 37.2 Å². The molecule has 0 aliphatic carbocycles. The van der Waals surface area contributed by atoms with Gasteiger partial charge in [-0.15, -0.1) is 0 Å². The first kappa shape index (κ1) is 107. The lowest BCUT2D eigenvalue weighted by Gasteiger charge is -2.19. The fourth-order valence-electron chi connectivity index (χ4n) is 11.8. The fraction of sp³-hybridized carbons (Fsp3) is 0.825. The predicted octanol–water partition coefficient (Wildman–Crippen LogP) is 5.83. The second-order valence-electron chi connectivity index (χ2n) is 28.3. The van der Waals surface area contributed by atoms with E-state index in [9.17, 15) is 82.4 Å². The molecule has 0 aliphatic rings. The average Bonchev–Trinajstić information content (AvgIpc) is 0.910. The monoisotopic (exact) mass is 1630 g/mol. The lowest BCUT2D eigenvalue weighted by atomic mass is 9.94. The SMILES string of the molecule is CC[C@@H](CCCCNC(=O)CC[C@H](NC(=O)COCCOCCCC(=O)COCCOCCNC(=O)CCCCCCCCCCCCC(=O)O)C(=O)O)C(=O)CN[C@@H](CCCCNC(=O)CC[C@H](CC(=O)COCCOCCNC(=O)COCCOCCNC(=O)CCCCCCCCCCCCC(=O)O)C(=O)O)C(=O)CO. The number of hydrogen-bond donors (Lipinski definition) is 12. The Kier molecular flexibility index (Phi) is 72.5. The van der Waals surface area contributed by atoms with Gasteiger partial charge in [-0.25, -0.2) is 4.79 Å². The molecular formula is C80H141N7O27. The standard InChI is InChI=1S/C80H141N7O27/c1-2-63(28-23-25-39-82-74(96)38-36-68(80(105)106)87-76(98)62-114-54-48-107-44-27-29-65(89)59-111-52-49-108-45-41-83-71(93)31-19-15-11-7-3-5-9-13-17-21-33-77(99)100)69(91)57-86-67(70(92)58-88)30-24-26-40-81-73(95)37-35-64(79(103)104)56-66(90)60-112-53-50-110-47-43-85-75(97)61-113-55-51-109-46-42-84-72(94)32-20-16-12-8-4-6-10-14-18-22-34-78(101)102/h63-64,67-68,86,88H,2-62H2,1H3,(H,81,95)(H,82,96)(H,83,93)(H,84,94)(H,85,97)(H,87,98)(H,99,100)(H,101,102)(H,103,104)(H,105,106)/t63-,64+,67-,68-/m0/s1. The van der Waals surface area contributed by atoms with Crippen molar-refractivity contribution >= 4 is 82.5 Å². The van der Waals surface area contributed by atoms with E-state index in [0.29, 0.717) is 84.1 Å². The van der Waals surface area contributed by atoms with Gasteiger partial charge in [0, 0.05) is 96.6 Å². The minimum absolute atomic E-state index is 0.0108. The zero-order valence-electron chi connectivity index (χ0n) is 68.2. The van der Waals surface area contributed by atoms with E-state index in [-0.39, 0.29) is 205 Å². The molecule has 4 atom stereocenters. The van der Waals surface area contributed by atoms with Crippen molar-refractivity contribution in [3.63, 3.8) is 0 Å². The third-order valence-corrected chi connectivity index (χ3v) is 18.4. The number of carbonyl (C=O) groups is 14. The van der Waals surface area contributed by atoms with Crippen molar-refractivity contribution in [3.05, 3.63) is 0 Å². The maximum Gasteiger partial charge on any atom is 0.326 e. The Hall–Kier alpha value is -7.02. The fourth-order valence-corrected chi connectivity index (χ4v) is 11.8. The quantitative estimate of drug-likeness (QED) is 0.0319. The van der Waals surface area contributed by atoms with Crippen molar-refractivity contribution in [1.29, 1.82) is 0 Å². The summed E-state index contributed by atoms with van der Waals surface area (Å²) < 4.78 is 43.1. The third kappa shape index (κ3) is 71.5. The molecule has 6 amide bonds. The lowest BCUT2D eigenvalue weighted by Crippen LogP contribution is -2.43. The smallest absolute Gasteiger partial charge is 0.326 e. The zero-order valence-corrected chi connectivity index (χ0v) is 68.2.